The molecular weight excluding hydrogens is 426 g/mol. The molecule has 3 heterocycles. The van der Waals surface area contributed by atoms with Gasteiger partial charge in [0.1, 0.15) is 6.04 Å². The third-order valence-corrected chi connectivity index (χ3v) is 5.83. The molecule has 0 aliphatic carbocycles. The number of aromatic nitrogens is 1. The number of carbonyl (C=O) groups is 3. The first-order valence-electron chi connectivity index (χ1n) is 10.4. The number of likely N-dealkylation sites (tertiary alicyclic amines) is 1. The molecule has 10 nitrogen and oxygen atoms in total. The lowest BCUT2D eigenvalue weighted by atomic mass is 10.0. The summed E-state index contributed by atoms with van der Waals surface area (Å²) in [6, 6.07) is 11.9. The van der Waals surface area contributed by atoms with Gasteiger partial charge in [0.25, 0.3) is 5.91 Å². The Balaban J connectivity index is 1.33. The van der Waals surface area contributed by atoms with Gasteiger partial charge in [-0.25, -0.2) is 10.2 Å². The predicted octanol–water partition coefficient (Wildman–Crippen LogP) is 2.52. The topological polar surface area (TPSA) is 136 Å². The number of aromatic amines is 1. The van der Waals surface area contributed by atoms with Gasteiger partial charge in [-0.05, 0) is 17.7 Å². The fraction of sp³-hybridized carbons (Fsp3) is 0.217. The number of hydrogen-bond donors (Lipinski definition) is 4. The van der Waals surface area contributed by atoms with E-state index in [1.165, 1.54) is 0 Å². The van der Waals surface area contributed by atoms with Gasteiger partial charge in [0.15, 0.2) is 0 Å². The van der Waals surface area contributed by atoms with Crippen molar-refractivity contribution >= 4 is 40.7 Å². The lowest BCUT2D eigenvalue weighted by molar-refractivity contribution is -0.120. The molecule has 0 radical (unpaired) electrons. The van der Waals surface area contributed by atoms with Gasteiger partial charge in [-0.3, -0.25) is 14.5 Å². The van der Waals surface area contributed by atoms with E-state index in [-0.39, 0.29) is 13.0 Å². The van der Waals surface area contributed by atoms with Crippen molar-refractivity contribution in [3.63, 3.8) is 0 Å². The van der Waals surface area contributed by atoms with Gasteiger partial charge >= 0.3 is 6.09 Å². The van der Waals surface area contributed by atoms with E-state index in [0.717, 1.165) is 16.0 Å². The first kappa shape index (κ1) is 20.7. The summed E-state index contributed by atoms with van der Waals surface area (Å²) < 4.78 is 5.88. The molecule has 1 saturated heterocycles. The number of benzene rings is 2. The molecule has 0 unspecified atom stereocenters. The monoisotopic (exact) mass is 447 g/mol. The minimum atomic E-state index is -1.19. The van der Waals surface area contributed by atoms with Gasteiger partial charge in [0, 0.05) is 34.8 Å². The Morgan fingerprint density at radius 1 is 1.24 bits per heavy atom. The van der Waals surface area contributed by atoms with Crippen molar-refractivity contribution in [3.05, 3.63) is 65.4 Å². The van der Waals surface area contributed by atoms with Crippen LogP contribution in [0.15, 0.2) is 53.8 Å². The van der Waals surface area contributed by atoms with Crippen LogP contribution in [0.25, 0.3) is 10.9 Å². The van der Waals surface area contributed by atoms with Crippen molar-refractivity contribution in [2.75, 3.05) is 11.9 Å². The summed E-state index contributed by atoms with van der Waals surface area (Å²) in [6.07, 6.45) is 1.92. The Morgan fingerprint density at radius 3 is 2.85 bits per heavy atom. The minimum absolute atomic E-state index is 0.101. The van der Waals surface area contributed by atoms with Gasteiger partial charge in [-0.2, -0.15) is 5.10 Å². The summed E-state index contributed by atoms with van der Waals surface area (Å²) in [5.41, 5.74) is 5.56. The third kappa shape index (κ3) is 4.03. The van der Waals surface area contributed by atoms with Crippen molar-refractivity contribution in [2.45, 2.75) is 25.2 Å². The molecule has 1 aromatic heterocycles. The summed E-state index contributed by atoms with van der Waals surface area (Å²) in [5.74, 6) is -0.875. The Morgan fingerprint density at radius 2 is 2.06 bits per heavy atom. The SMILES string of the molecule is O=C1NN=Cc2c[nH]c3cc(NC(=O)[C@@H]4C[C@@H](OCc5ccccc5)CN4C(=O)O)cc1c23. The average molecular weight is 447 g/mol. The standard InChI is InChI=1S/C23H21N5O5/c29-21-17-6-15(7-18-20(17)14(9-24-18)10-25-27-21)26-22(30)19-8-16(11-28(19)23(31)32)33-12-13-4-2-1-3-5-13/h1-7,9-10,16,19,24H,8,11-12H2,(H,26,30)(H,27,29)(H,31,32)/t16-,19+/m1/s1. The summed E-state index contributed by atoms with van der Waals surface area (Å²) in [6.45, 7) is 0.434. The summed E-state index contributed by atoms with van der Waals surface area (Å²) in [7, 11) is 0. The van der Waals surface area contributed by atoms with Crippen molar-refractivity contribution < 1.29 is 24.2 Å². The van der Waals surface area contributed by atoms with Crippen LogP contribution in [0.5, 0.6) is 0 Å². The van der Waals surface area contributed by atoms with Crippen LogP contribution < -0.4 is 10.7 Å². The molecule has 3 aromatic rings. The first-order chi connectivity index (χ1) is 16.0. The molecule has 0 saturated carbocycles. The van der Waals surface area contributed by atoms with E-state index in [2.05, 4.69) is 20.8 Å². The predicted molar refractivity (Wildman–Crippen MR) is 120 cm³/mol. The number of hydrogen-bond acceptors (Lipinski definition) is 5. The number of rotatable bonds is 5. The number of nitrogens with one attached hydrogen (secondary N) is 3. The van der Waals surface area contributed by atoms with Crippen molar-refractivity contribution in [3.8, 4) is 0 Å². The maximum absolute atomic E-state index is 13.0. The molecule has 33 heavy (non-hydrogen) atoms. The number of carbonyl (C=O) groups excluding carboxylic acids is 2. The lowest BCUT2D eigenvalue weighted by Crippen LogP contribution is -2.42. The number of carboxylic acid groups (broad SMARTS) is 1. The largest absolute Gasteiger partial charge is 0.465 e. The second-order valence-electron chi connectivity index (χ2n) is 7.98. The van der Waals surface area contributed by atoms with Gasteiger partial charge in [-0.15, -0.1) is 0 Å². The van der Waals surface area contributed by atoms with Crippen LogP contribution in [0.1, 0.15) is 27.9 Å². The smallest absolute Gasteiger partial charge is 0.408 e. The van der Waals surface area contributed by atoms with E-state index < -0.39 is 30.1 Å². The molecular formula is C23H21N5O5. The van der Waals surface area contributed by atoms with E-state index in [1.807, 2.05) is 30.3 Å². The highest BCUT2D eigenvalue weighted by Gasteiger charge is 2.40. The molecule has 0 bridgehead atoms. The minimum Gasteiger partial charge on any atom is -0.465 e. The molecule has 3 amide bonds. The molecule has 2 aliphatic heterocycles. The van der Waals surface area contributed by atoms with E-state index in [4.69, 9.17) is 4.74 Å². The number of hydrazone groups is 1. The van der Waals surface area contributed by atoms with Crippen LogP contribution in [0.2, 0.25) is 0 Å². The average Bonchev–Trinajstić information content (AvgIpc) is 3.38. The Labute approximate surface area is 188 Å². The molecule has 1 fully saturated rings. The van der Waals surface area contributed by atoms with Crippen molar-refractivity contribution in [1.29, 1.82) is 0 Å². The maximum Gasteiger partial charge on any atom is 0.408 e. The lowest BCUT2D eigenvalue weighted by Gasteiger charge is -2.20. The van der Waals surface area contributed by atoms with E-state index in [9.17, 15) is 19.5 Å². The quantitative estimate of drug-likeness (QED) is 0.477. The van der Waals surface area contributed by atoms with Crippen LogP contribution in [-0.4, -0.2) is 57.8 Å². The molecule has 2 aliphatic rings. The zero-order chi connectivity index (χ0) is 22.9. The summed E-state index contributed by atoms with van der Waals surface area (Å²) in [5, 5.41) is 17.0. The van der Waals surface area contributed by atoms with E-state index in [0.29, 0.717) is 28.8 Å². The first-order valence-corrected chi connectivity index (χ1v) is 10.4. The zero-order valence-electron chi connectivity index (χ0n) is 17.4. The Kier molecular flexibility index (Phi) is 5.27. The molecule has 10 heteroatoms. The van der Waals surface area contributed by atoms with Gasteiger partial charge in [-0.1, -0.05) is 30.3 Å². The molecule has 4 N–H and O–H groups in total. The number of amides is 3. The third-order valence-electron chi connectivity index (χ3n) is 5.83. The van der Waals surface area contributed by atoms with Crippen LogP contribution in [0.3, 0.4) is 0 Å². The van der Waals surface area contributed by atoms with Crippen LogP contribution in [-0.2, 0) is 16.1 Å². The Hall–Kier alpha value is -4.18. The van der Waals surface area contributed by atoms with Crippen LogP contribution >= 0.6 is 0 Å². The second-order valence-corrected chi connectivity index (χ2v) is 7.98. The number of H-pyrrole nitrogens is 1. The zero-order valence-corrected chi connectivity index (χ0v) is 17.4. The van der Waals surface area contributed by atoms with Crippen LogP contribution in [0, 0.1) is 0 Å². The maximum atomic E-state index is 13.0. The normalized spacial score (nSPS) is 19.4. The molecule has 168 valence electrons. The van der Waals surface area contributed by atoms with E-state index >= 15 is 0 Å². The number of anilines is 1. The number of ether oxygens (including phenoxy) is 1. The molecule has 2 atom stereocenters. The van der Waals surface area contributed by atoms with Crippen molar-refractivity contribution in [1.82, 2.24) is 15.3 Å². The van der Waals surface area contributed by atoms with Gasteiger partial charge < -0.3 is 20.1 Å². The number of nitrogens with zero attached hydrogens (tertiary/aromatic N) is 2. The highest BCUT2D eigenvalue weighted by atomic mass is 16.5. The second kappa shape index (κ2) is 8.40. The Bertz CT molecular complexity index is 1270. The fourth-order valence-electron chi connectivity index (χ4n) is 4.26. The van der Waals surface area contributed by atoms with Crippen molar-refractivity contribution in [2.24, 2.45) is 5.10 Å². The summed E-state index contributed by atoms with van der Waals surface area (Å²) in [4.78, 5) is 41.4. The molecule has 5 rings (SSSR count). The fourth-order valence-corrected chi connectivity index (χ4v) is 4.26. The van der Waals surface area contributed by atoms with E-state index in [1.54, 1.807) is 24.5 Å². The molecule has 2 aromatic carbocycles. The van der Waals surface area contributed by atoms with Gasteiger partial charge in [0.2, 0.25) is 5.91 Å². The molecule has 0 spiro atoms. The highest BCUT2D eigenvalue weighted by Crippen LogP contribution is 2.29. The highest BCUT2D eigenvalue weighted by molar-refractivity contribution is 6.15. The summed E-state index contributed by atoms with van der Waals surface area (Å²) >= 11 is 0. The van der Waals surface area contributed by atoms with Crippen LogP contribution in [0.4, 0.5) is 10.5 Å². The van der Waals surface area contributed by atoms with Gasteiger partial charge in [0.05, 0.1) is 31.0 Å².